The fourth-order valence-electron chi connectivity index (χ4n) is 2.63. The summed E-state index contributed by atoms with van der Waals surface area (Å²) < 4.78 is 32.5. The average molecular weight is 300 g/mol. The van der Waals surface area contributed by atoms with Crippen molar-refractivity contribution < 1.29 is 23.4 Å². The fraction of sp³-hybridized carbons (Fsp3) is 0.571. The molecule has 1 fully saturated rings. The first-order valence-corrected chi connectivity index (χ1v) is 6.63. The van der Waals surface area contributed by atoms with Crippen molar-refractivity contribution >= 4 is 5.97 Å². The largest absolute Gasteiger partial charge is 0.495 e. The summed E-state index contributed by atoms with van der Waals surface area (Å²) in [7, 11) is 1.52. The van der Waals surface area contributed by atoms with E-state index in [2.05, 4.69) is 4.98 Å². The Bertz CT molecular complexity index is 537. The molecule has 0 bridgehead atoms. The smallest absolute Gasteiger partial charge is 0.308 e. The Balaban J connectivity index is 2.17. The molecule has 0 saturated carbocycles. The van der Waals surface area contributed by atoms with Crippen LogP contribution in [0.2, 0.25) is 0 Å². The highest BCUT2D eigenvalue weighted by Gasteiger charge is 2.43. The lowest BCUT2D eigenvalue weighted by atomic mass is 9.94. The first-order chi connectivity index (χ1) is 9.82. The zero-order valence-electron chi connectivity index (χ0n) is 12.0. The number of ether oxygens (including phenoxy) is 1. The molecule has 21 heavy (non-hydrogen) atoms. The highest BCUT2D eigenvalue weighted by molar-refractivity contribution is 5.70. The number of methoxy groups -OCH3 is 1. The van der Waals surface area contributed by atoms with Gasteiger partial charge in [-0.2, -0.15) is 0 Å². The molecule has 2 heterocycles. The van der Waals surface area contributed by atoms with Crippen molar-refractivity contribution in [3.05, 3.63) is 23.5 Å². The van der Waals surface area contributed by atoms with Crippen molar-refractivity contribution in [2.45, 2.75) is 25.8 Å². The molecule has 0 radical (unpaired) electrons. The molecule has 1 aromatic rings. The number of aromatic nitrogens is 1. The molecule has 0 aliphatic carbocycles. The number of carboxylic acids is 1. The second-order valence-corrected chi connectivity index (χ2v) is 5.39. The fourth-order valence-corrected chi connectivity index (χ4v) is 2.63. The van der Waals surface area contributed by atoms with E-state index in [0.717, 1.165) is 11.1 Å². The zero-order chi connectivity index (χ0) is 15.6. The number of rotatable bonds is 4. The normalized spacial score (nSPS) is 22.0. The topological polar surface area (TPSA) is 62.7 Å². The van der Waals surface area contributed by atoms with E-state index in [-0.39, 0.29) is 13.1 Å². The molecule has 5 nitrogen and oxygen atoms in total. The van der Waals surface area contributed by atoms with Gasteiger partial charge in [-0.25, -0.2) is 8.78 Å². The lowest BCUT2D eigenvalue weighted by Gasteiger charge is -2.36. The van der Waals surface area contributed by atoms with Crippen LogP contribution in [0, 0.1) is 12.8 Å². The molecule has 1 N–H and O–H groups in total. The number of aliphatic carboxylic acids is 1. The minimum absolute atomic E-state index is 0.113. The second-order valence-electron chi connectivity index (χ2n) is 5.39. The summed E-state index contributed by atoms with van der Waals surface area (Å²) in [6.07, 6.45) is 2.55. The first kappa shape index (κ1) is 15.6. The molecule has 7 heteroatoms. The van der Waals surface area contributed by atoms with Crippen molar-refractivity contribution in [3.63, 3.8) is 0 Å². The van der Waals surface area contributed by atoms with E-state index in [1.54, 1.807) is 12.4 Å². The van der Waals surface area contributed by atoms with Crippen LogP contribution in [0.3, 0.4) is 0 Å². The van der Waals surface area contributed by atoms with Gasteiger partial charge >= 0.3 is 5.97 Å². The van der Waals surface area contributed by atoms with E-state index in [4.69, 9.17) is 9.84 Å². The Morgan fingerprint density at radius 1 is 1.57 bits per heavy atom. The van der Waals surface area contributed by atoms with Crippen LogP contribution in [0.25, 0.3) is 0 Å². The SMILES string of the molecule is COc1cncc(CN2CC(C(=O)O)CC(F)(F)C2)c1C. The second kappa shape index (κ2) is 5.93. The number of nitrogens with zero attached hydrogens (tertiary/aromatic N) is 2. The highest BCUT2D eigenvalue weighted by Crippen LogP contribution is 2.32. The van der Waals surface area contributed by atoms with Gasteiger partial charge in [-0.05, 0) is 18.1 Å². The van der Waals surface area contributed by atoms with Gasteiger partial charge in [-0.15, -0.1) is 0 Å². The summed E-state index contributed by atoms with van der Waals surface area (Å²) in [5.41, 5.74) is 1.59. The number of piperidine rings is 1. The van der Waals surface area contributed by atoms with Crippen LogP contribution in [0.5, 0.6) is 5.75 Å². The lowest BCUT2D eigenvalue weighted by Crippen LogP contribution is -2.48. The van der Waals surface area contributed by atoms with Gasteiger partial charge in [0, 0.05) is 25.7 Å². The molecule has 1 aliphatic rings. The van der Waals surface area contributed by atoms with Crippen LogP contribution in [0.1, 0.15) is 17.5 Å². The van der Waals surface area contributed by atoms with Crippen LogP contribution in [-0.2, 0) is 11.3 Å². The molecular formula is C14H18F2N2O3. The van der Waals surface area contributed by atoms with E-state index in [1.165, 1.54) is 12.0 Å². The van der Waals surface area contributed by atoms with E-state index in [0.29, 0.717) is 5.75 Å². The quantitative estimate of drug-likeness (QED) is 0.920. The molecule has 0 amide bonds. The summed E-state index contributed by atoms with van der Waals surface area (Å²) in [5, 5.41) is 9.00. The van der Waals surface area contributed by atoms with E-state index < -0.39 is 30.8 Å². The number of likely N-dealkylation sites (tertiary alicyclic amines) is 1. The Labute approximate surface area is 121 Å². The number of halogens is 2. The predicted octanol–water partition coefficient (Wildman–Crippen LogP) is 1.94. The third kappa shape index (κ3) is 3.66. The Morgan fingerprint density at radius 2 is 2.29 bits per heavy atom. The third-order valence-corrected chi connectivity index (χ3v) is 3.72. The van der Waals surface area contributed by atoms with Gasteiger partial charge in [-0.3, -0.25) is 14.7 Å². The average Bonchev–Trinajstić information content (AvgIpc) is 2.39. The first-order valence-electron chi connectivity index (χ1n) is 6.63. The molecule has 1 aromatic heterocycles. The summed E-state index contributed by atoms with van der Waals surface area (Å²) >= 11 is 0. The van der Waals surface area contributed by atoms with Crippen molar-refractivity contribution in [2.75, 3.05) is 20.2 Å². The molecule has 0 spiro atoms. The number of hydrogen-bond donors (Lipinski definition) is 1. The Morgan fingerprint density at radius 3 is 2.90 bits per heavy atom. The van der Waals surface area contributed by atoms with Crippen molar-refractivity contribution in [1.82, 2.24) is 9.88 Å². The molecule has 2 rings (SSSR count). The minimum atomic E-state index is -2.98. The molecular weight excluding hydrogens is 282 g/mol. The van der Waals surface area contributed by atoms with Gasteiger partial charge in [-0.1, -0.05) is 0 Å². The number of pyridine rings is 1. The molecule has 116 valence electrons. The highest BCUT2D eigenvalue weighted by atomic mass is 19.3. The number of carboxylic acid groups (broad SMARTS) is 1. The maximum absolute atomic E-state index is 13.7. The molecule has 1 aliphatic heterocycles. The van der Waals surface area contributed by atoms with Gasteiger partial charge in [0.15, 0.2) is 0 Å². The summed E-state index contributed by atoms with van der Waals surface area (Å²) in [6, 6.07) is 0. The Hall–Kier alpha value is -1.76. The number of carbonyl (C=O) groups is 1. The van der Waals surface area contributed by atoms with E-state index >= 15 is 0 Å². The van der Waals surface area contributed by atoms with Crippen LogP contribution in [0.15, 0.2) is 12.4 Å². The van der Waals surface area contributed by atoms with Crippen LogP contribution in [0.4, 0.5) is 8.78 Å². The monoisotopic (exact) mass is 300 g/mol. The lowest BCUT2D eigenvalue weighted by molar-refractivity contribution is -0.153. The van der Waals surface area contributed by atoms with Gasteiger partial charge in [0.1, 0.15) is 5.75 Å². The van der Waals surface area contributed by atoms with Gasteiger partial charge in [0.05, 0.1) is 25.8 Å². The van der Waals surface area contributed by atoms with Crippen molar-refractivity contribution in [1.29, 1.82) is 0 Å². The van der Waals surface area contributed by atoms with Crippen LogP contribution >= 0.6 is 0 Å². The van der Waals surface area contributed by atoms with Gasteiger partial charge < -0.3 is 9.84 Å². The molecule has 1 atom stereocenters. The van der Waals surface area contributed by atoms with Crippen molar-refractivity contribution in [3.8, 4) is 5.75 Å². The van der Waals surface area contributed by atoms with Gasteiger partial charge in [0.25, 0.3) is 5.92 Å². The zero-order valence-corrected chi connectivity index (χ0v) is 12.0. The standard InChI is InChI=1S/C14H18F2N2O3/c1-9-11(4-17-5-12(9)21-2)7-18-6-10(13(19)20)3-14(15,16)8-18/h4-5,10H,3,6-8H2,1-2H3,(H,19,20). The molecule has 1 saturated heterocycles. The minimum Gasteiger partial charge on any atom is -0.495 e. The van der Waals surface area contributed by atoms with Crippen LogP contribution < -0.4 is 4.74 Å². The summed E-state index contributed by atoms with van der Waals surface area (Å²) in [6.45, 7) is 1.73. The maximum atomic E-state index is 13.7. The molecule has 0 aromatic carbocycles. The predicted molar refractivity (Wildman–Crippen MR) is 71.5 cm³/mol. The van der Waals surface area contributed by atoms with Crippen molar-refractivity contribution in [2.24, 2.45) is 5.92 Å². The number of hydrogen-bond acceptors (Lipinski definition) is 4. The van der Waals surface area contributed by atoms with E-state index in [9.17, 15) is 13.6 Å². The Kier molecular flexibility index (Phi) is 4.41. The number of alkyl halides is 2. The molecule has 1 unspecified atom stereocenters. The van der Waals surface area contributed by atoms with Crippen LogP contribution in [-0.4, -0.2) is 47.1 Å². The van der Waals surface area contributed by atoms with Gasteiger partial charge in [0.2, 0.25) is 0 Å². The maximum Gasteiger partial charge on any atom is 0.308 e. The van der Waals surface area contributed by atoms with E-state index in [1.807, 2.05) is 6.92 Å². The third-order valence-electron chi connectivity index (χ3n) is 3.72. The summed E-state index contributed by atoms with van der Waals surface area (Å²) in [4.78, 5) is 16.5. The summed E-state index contributed by atoms with van der Waals surface area (Å²) in [5.74, 6) is -4.62.